The summed E-state index contributed by atoms with van der Waals surface area (Å²) < 4.78 is 0. The molecule has 1 saturated carbocycles. The fourth-order valence-corrected chi connectivity index (χ4v) is 1.93. The van der Waals surface area contributed by atoms with Crippen LogP contribution in [-0.2, 0) is 6.42 Å². The Labute approximate surface area is 84.8 Å². The lowest BCUT2D eigenvalue weighted by atomic mass is 9.84. The lowest BCUT2D eigenvalue weighted by Gasteiger charge is -2.24. The minimum Gasteiger partial charge on any atom is -0.383 e. The van der Waals surface area contributed by atoms with Crippen molar-refractivity contribution in [2.75, 3.05) is 5.73 Å². The molecular formula is C11H17N3. The van der Waals surface area contributed by atoms with Crippen LogP contribution in [0.25, 0.3) is 0 Å². The molecule has 1 aliphatic carbocycles. The number of hydrogen-bond acceptors (Lipinski definition) is 3. The molecule has 3 heteroatoms. The standard InChI is InChI=1S/C11H17N3/c1-3-9-7(2)13-11(14-10(9)12)8-5-4-6-8/h8H,3-6H2,1-2H3,(H2,12,13,14). The van der Waals surface area contributed by atoms with Crippen molar-refractivity contribution in [3.8, 4) is 0 Å². The second-order valence-corrected chi connectivity index (χ2v) is 4.01. The molecule has 0 radical (unpaired) electrons. The van der Waals surface area contributed by atoms with Crippen molar-refractivity contribution in [2.24, 2.45) is 0 Å². The maximum atomic E-state index is 5.90. The summed E-state index contributed by atoms with van der Waals surface area (Å²) in [7, 11) is 0. The van der Waals surface area contributed by atoms with Gasteiger partial charge in [-0.15, -0.1) is 0 Å². The number of rotatable bonds is 2. The second-order valence-electron chi connectivity index (χ2n) is 4.01. The first-order chi connectivity index (χ1) is 6.72. The van der Waals surface area contributed by atoms with Crippen LogP contribution in [0.1, 0.15) is 49.2 Å². The van der Waals surface area contributed by atoms with Crippen LogP contribution in [-0.4, -0.2) is 9.97 Å². The average molecular weight is 191 g/mol. The van der Waals surface area contributed by atoms with Crippen LogP contribution < -0.4 is 5.73 Å². The topological polar surface area (TPSA) is 51.8 Å². The third kappa shape index (κ3) is 1.47. The summed E-state index contributed by atoms with van der Waals surface area (Å²) in [5.74, 6) is 2.22. The number of nitrogens with zero attached hydrogens (tertiary/aromatic N) is 2. The van der Waals surface area contributed by atoms with Gasteiger partial charge in [0, 0.05) is 17.2 Å². The van der Waals surface area contributed by atoms with Crippen molar-refractivity contribution in [3.05, 3.63) is 17.1 Å². The molecule has 1 aromatic rings. The van der Waals surface area contributed by atoms with Gasteiger partial charge in [0.2, 0.25) is 0 Å². The predicted molar refractivity (Wildman–Crippen MR) is 57.2 cm³/mol. The minimum atomic E-state index is 0.571. The molecule has 0 aromatic carbocycles. The Hall–Kier alpha value is -1.12. The summed E-state index contributed by atoms with van der Waals surface area (Å²) in [5, 5.41) is 0. The monoisotopic (exact) mass is 191 g/mol. The molecule has 1 heterocycles. The summed E-state index contributed by atoms with van der Waals surface area (Å²) in [4.78, 5) is 8.93. The number of aromatic nitrogens is 2. The fraction of sp³-hybridized carbons (Fsp3) is 0.636. The first-order valence-electron chi connectivity index (χ1n) is 5.35. The third-order valence-corrected chi connectivity index (χ3v) is 3.09. The van der Waals surface area contributed by atoms with Crippen LogP contribution in [0.3, 0.4) is 0 Å². The summed E-state index contributed by atoms with van der Waals surface area (Å²) in [5.41, 5.74) is 8.06. The van der Waals surface area contributed by atoms with Crippen LogP contribution in [0.15, 0.2) is 0 Å². The Morgan fingerprint density at radius 1 is 1.36 bits per heavy atom. The maximum absolute atomic E-state index is 5.90. The molecule has 1 fully saturated rings. The van der Waals surface area contributed by atoms with Crippen LogP contribution in [0.2, 0.25) is 0 Å². The van der Waals surface area contributed by atoms with Crippen LogP contribution >= 0.6 is 0 Å². The van der Waals surface area contributed by atoms with Crippen molar-refractivity contribution in [1.82, 2.24) is 9.97 Å². The molecule has 0 aliphatic heterocycles. The molecule has 0 saturated heterocycles. The highest BCUT2D eigenvalue weighted by Crippen LogP contribution is 2.35. The van der Waals surface area contributed by atoms with E-state index in [1.165, 1.54) is 19.3 Å². The highest BCUT2D eigenvalue weighted by molar-refractivity contribution is 5.42. The highest BCUT2D eigenvalue weighted by atomic mass is 15.0. The van der Waals surface area contributed by atoms with Gasteiger partial charge in [-0.1, -0.05) is 13.3 Å². The van der Waals surface area contributed by atoms with E-state index in [1.54, 1.807) is 0 Å². The predicted octanol–water partition coefficient (Wildman–Crippen LogP) is 2.20. The van der Waals surface area contributed by atoms with Gasteiger partial charge < -0.3 is 5.73 Å². The Morgan fingerprint density at radius 3 is 2.50 bits per heavy atom. The number of aryl methyl sites for hydroxylation is 1. The molecule has 0 spiro atoms. The van der Waals surface area contributed by atoms with E-state index in [0.717, 1.165) is 23.5 Å². The average Bonchev–Trinajstić information content (AvgIpc) is 2.00. The van der Waals surface area contributed by atoms with E-state index in [1.807, 2.05) is 6.92 Å². The summed E-state index contributed by atoms with van der Waals surface area (Å²) in [6.07, 6.45) is 4.68. The summed E-state index contributed by atoms with van der Waals surface area (Å²) >= 11 is 0. The molecule has 2 N–H and O–H groups in total. The van der Waals surface area contributed by atoms with Crippen LogP contribution in [0.4, 0.5) is 5.82 Å². The molecule has 14 heavy (non-hydrogen) atoms. The first kappa shape index (κ1) is 9.44. The summed E-state index contributed by atoms with van der Waals surface area (Å²) in [6.45, 7) is 4.12. The highest BCUT2D eigenvalue weighted by Gasteiger charge is 2.23. The van der Waals surface area contributed by atoms with Crippen molar-refractivity contribution in [3.63, 3.8) is 0 Å². The molecule has 0 bridgehead atoms. The molecule has 76 valence electrons. The first-order valence-corrected chi connectivity index (χ1v) is 5.35. The van der Waals surface area contributed by atoms with Gasteiger partial charge in [0.15, 0.2) is 0 Å². The van der Waals surface area contributed by atoms with Gasteiger partial charge in [-0.3, -0.25) is 0 Å². The van der Waals surface area contributed by atoms with Crippen molar-refractivity contribution < 1.29 is 0 Å². The van der Waals surface area contributed by atoms with Gasteiger partial charge in [0.05, 0.1) is 0 Å². The van der Waals surface area contributed by atoms with E-state index in [0.29, 0.717) is 11.7 Å². The zero-order valence-corrected chi connectivity index (χ0v) is 8.88. The molecule has 0 atom stereocenters. The number of nitrogens with two attached hydrogens (primary N) is 1. The molecule has 3 nitrogen and oxygen atoms in total. The van der Waals surface area contributed by atoms with E-state index >= 15 is 0 Å². The van der Waals surface area contributed by atoms with E-state index in [2.05, 4.69) is 16.9 Å². The zero-order chi connectivity index (χ0) is 10.1. The van der Waals surface area contributed by atoms with E-state index in [9.17, 15) is 0 Å². The van der Waals surface area contributed by atoms with Gasteiger partial charge in [-0.25, -0.2) is 9.97 Å². The molecule has 2 rings (SSSR count). The molecule has 1 aromatic heterocycles. The van der Waals surface area contributed by atoms with Crippen LogP contribution in [0, 0.1) is 6.92 Å². The zero-order valence-electron chi connectivity index (χ0n) is 8.88. The van der Waals surface area contributed by atoms with Gasteiger partial charge >= 0.3 is 0 Å². The fourth-order valence-electron chi connectivity index (χ4n) is 1.93. The smallest absolute Gasteiger partial charge is 0.134 e. The molecule has 1 aliphatic rings. The van der Waals surface area contributed by atoms with Crippen LogP contribution in [0.5, 0.6) is 0 Å². The van der Waals surface area contributed by atoms with Gasteiger partial charge in [-0.2, -0.15) is 0 Å². The van der Waals surface area contributed by atoms with E-state index < -0.39 is 0 Å². The Kier molecular flexibility index (Phi) is 2.40. The minimum absolute atomic E-state index is 0.571. The normalized spacial score (nSPS) is 16.7. The lowest BCUT2D eigenvalue weighted by molar-refractivity contribution is 0.401. The van der Waals surface area contributed by atoms with Gasteiger partial charge in [0.25, 0.3) is 0 Å². The Balaban J connectivity index is 2.35. The summed E-state index contributed by atoms with van der Waals surface area (Å²) in [6, 6.07) is 0. The SMILES string of the molecule is CCc1c(C)nc(C2CCC2)nc1N. The van der Waals surface area contributed by atoms with E-state index in [4.69, 9.17) is 5.73 Å². The molecule has 0 amide bonds. The van der Waals surface area contributed by atoms with Crippen molar-refractivity contribution in [2.45, 2.75) is 45.4 Å². The molecule has 0 unspecified atom stereocenters. The number of anilines is 1. The largest absolute Gasteiger partial charge is 0.383 e. The second kappa shape index (κ2) is 3.56. The lowest BCUT2D eigenvalue weighted by Crippen LogP contribution is -2.15. The number of nitrogen functional groups attached to an aromatic ring is 1. The maximum Gasteiger partial charge on any atom is 0.134 e. The van der Waals surface area contributed by atoms with Crippen molar-refractivity contribution in [1.29, 1.82) is 0 Å². The third-order valence-electron chi connectivity index (χ3n) is 3.09. The van der Waals surface area contributed by atoms with Gasteiger partial charge in [0.1, 0.15) is 11.6 Å². The van der Waals surface area contributed by atoms with E-state index in [-0.39, 0.29) is 0 Å². The quantitative estimate of drug-likeness (QED) is 0.779. The van der Waals surface area contributed by atoms with Gasteiger partial charge in [-0.05, 0) is 26.2 Å². The Morgan fingerprint density at radius 2 is 2.07 bits per heavy atom. The molecular weight excluding hydrogens is 174 g/mol. The Bertz CT molecular complexity index is 319. The number of hydrogen-bond donors (Lipinski definition) is 1. The van der Waals surface area contributed by atoms with Crippen molar-refractivity contribution >= 4 is 5.82 Å².